The summed E-state index contributed by atoms with van der Waals surface area (Å²) >= 11 is 19.8. The second-order valence-electron chi connectivity index (χ2n) is 6.11. The van der Waals surface area contributed by atoms with Crippen LogP contribution in [-0.4, -0.2) is 44.7 Å². The molecular formula is C16H21Cl3N2O3S2. The third kappa shape index (κ3) is 6.37. The molecule has 0 heterocycles. The Morgan fingerprint density at radius 2 is 1.81 bits per heavy atom. The fourth-order valence-corrected chi connectivity index (χ4v) is 5.51. The fraction of sp³-hybridized carbons (Fsp3) is 0.562. The van der Waals surface area contributed by atoms with Gasteiger partial charge in [0.05, 0.1) is 27.0 Å². The van der Waals surface area contributed by atoms with Crippen LogP contribution >= 0.6 is 46.6 Å². The summed E-state index contributed by atoms with van der Waals surface area (Å²) in [6.07, 6.45) is 6.02. The Bertz CT molecular complexity index is 753. The average molecular weight is 460 g/mol. The van der Waals surface area contributed by atoms with Crippen molar-refractivity contribution in [1.82, 2.24) is 5.32 Å². The zero-order chi connectivity index (χ0) is 19.3. The monoisotopic (exact) mass is 458 g/mol. The van der Waals surface area contributed by atoms with Gasteiger partial charge in [0.25, 0.3) is 0 Å². The number of amides is 1. The number of anilines is 1. The Morgan fingerprint density at radius 3 is 2.42 bits per heavy atom. The molecule has 10 heteroatoms. The summed E-state index contributed by atoms with van der Waals surface area (Å²) in [6, 6.07) is 2.70. The van der Waals surface area contributed by atoms with Crippen molar-refractivity contribution >= 4 is 68.2 Å². The highest BCUT2D eigenvalue weighted by atomic mass is 35.5. The van der Waals surface area contributed by atoms with Crippen molar-refractivity contribution in [3.8, 4) is 0 Å². The maximum Gasteiger partial charge on any atom is 0.240 e. The summed E-state index contributed by atoms with van der Waals surface area (Å²) in [5.74, 6) is 0.410. The maximum atomic E-state index is 12.2. The van der Waals surface area contributed by atoms with E-state index in [1.165, 1.54) is 37.8 Å². The van der Waals surface area contributed by atoms with Crippen LogP contribution in [0.2, 0.25) is 15.1 Å². The summed E-state index contributed by atoms with van der Waals surface area (Å²) < 4.78 is 25.2. The minimum absolute atomic E-state index is 0.106. The predicted molar refractivity (Wildman–Crippen MR) is 111 cm³/mol. The van der Waals surface area contributed by atoms with E-state index in [-0.39, 0.29) is 27.3 Å². The van der Waals surface area contributed by atoms with Crippen LogP contribution in [0, 0.1) is 0 Å². The molecule has 1 aliphatic rings. The third-order valence-corrected chi connectivity index (χ3v) is 7.56. The van der Waals surface area contributed by atoms with Crippen LogP contribution < -0.4 is 9.62 Å². The molecule has 0 atom stereocenters. The van der Waals surface area contributed by atoms with E-state index in [4.69, 9.17) is 34.8 Å². The SMILES string of the molecule is CS(=O)(=O)N(CC(=O)NCCSC1CCCC1)c1cc(Cl)c(Cl)cc1Cl. The molecule has 0 aromatic heterocycles. The largest absolute Gasteiger partial charge is 0.354 e. The lowest BCUT2D eigenvalue weighted by atomic mass is 10.3. The van der Waals surface area contributed by atoms with Gasteiger partial charge in [-0.1, -0.05) is 47.6 Å². The lowest BCUT2D eigenvalue weighted by Gasteiger charge is -2.23. The second kappa shape index (κ2) is 9.73. The van der Waals surface area contributed by atoms with Crippen molar-refractivity contribution < 1.29 is 13.2 Å². The number of hydrogen-bond donors (Lipinski definition) is 1. The van der Waals surface area contributed by atoms with Crippen LogP contribution in [0.5, 0.6) is 0 Å². The van der Waals surface area contributed by atoms with Crippen LogP contribution in [0.1, 0.15) is 25.7 Å². The van der Waals surface area contributed by atoms with Gasteiger partial charge in [-0.25, -0.2) is 8.42 Å². The summed E-state index contributed by atoms with van der Waals surface area (Å²) in [5.41, 5.74) is 0.124. The lowest BCUT2D eigenvalue weighted by Crippen LogP contribution is -2.41. The zero-order valence-electron chi connectivity index (χ0n) is 14.3. The minimum atomic E-state index is -3.73. The van der Waals surface area contributed by atoms with E-state index in [0.29, 0.717) is 11.8 Å². The van der Waals surface area contributed by atoms with Crippen LogP contribution in [0.15, 0.2) is 12.1 Å². The van der Waals surface area contributed by atoms with Crippen molar-refractivity contribution in [2.45, 2.75) is 30.9 Å². The highest BCUT2D eigenvalue weighted by molar-refractivity contribution is 7.99. The van der Waals surface area contributed by atoms with Gasteiger partial charge in [0.1, 0.15) is 6.54 Å². The Labute approximate surface area is 173 Å². The molecule has 0 aliphatic heterocycles. The van der Waals surface area contributed by atoms with Crippen molar-refractivity contribution in [3.05, 3.63) is 27.2 Å². The Morgan fingerprint density at radius 1 is 1.19 bits per heavy atom. The Hall–Kier alpha value is -0.340. The summed E-state index contributed by atoms with van der Waals surface area (Å²) in [7, 11) is -3.73. The Balaban J connectivity index is 1.97. The molecule has 0 radical (unpaired) electrons. The van der Waals surface area contributed by atoms with Gasteiger partial charge in [-0.05, 0) is 25.0 Å². The Kier molecular flexibility index (Phi) is 8.22. The van der Waals surface area contributed by atoms with Crippen molar-refractivity contribution in [2.24, 2.45) is 0 Å². The van der Waals surface area contributed by atoms with Gasteiger partial charge in [-0.3, -0.25) is 9.10 Å². The molecule has 1 N–H and O–H groups in total. The zero-order valence-corrected chi connectivity index (χ0v) is 18.2. The molecule has 1 fully saturated rings. The summed E-state index contributed by atoms with van der Waals surface area (Å²) in [5, 5.41) is 3.91. The number of rotatable bonds is 8. The van der Waals surface area contributed by atoms with Gasteiger partial charge >= 0.3 is 0 Å². The van der Waals surface area contributed by atoms with Gasteiger partial charge in [0.15, 0.2) is 0 Å². The topological polar surface area (TPSA) is 66.5 Å². The molecule has 1 aromatic carbocycles. The average Bonchev–Trinajstić information content (AvgIpc) is 3.05. The van der Waals surface area contributed by atoms with Crippen LogP contribution in [0.25, 0.3) is 0 Å². The first-order valence-corrected chi connectivity index (χ1v) is 12.2. The molecular weight excluding hydrogens is 439 g/mol. The van der Waals surface area contributed by atoms with Gasteiger partial charge in [0, 0.05) is 17.5 Å². The molecule has 1 amide bonds. The van der Waals surface area contributed by atoms with E-state index in [1.807, 2.05) is 11.8 Å². The first kappa shape index (κ1) is 22.0. The highest BCUT2D eigenvalue weighted by Crippen LogP contribution is 2.35. The first-order chi connectivity index (χ1) is 12.2. The van der Waals surface area contributed by atoms with Gasteiger partial charge in [0.2, 0.25) is 15.9 Å². The molecule has 1 aromatic rings. The molecule has 146 valence electrons. The van der Waals surface area contributed by atoms with E-state index in [2.05, 4.69) is 5.32 Å². The van der Waals surface area contributed by atoms with E-state index in [0.717, 1.165) is 16.3 Å². The van der Waals surface area contributed by atoms with E-state index in [9.17, 15) is 13.2 Å². The van der Waals surface area contributed by atoms with Crippen molar-refractivity contribution in [3.63, 3.8) is 0 Å². The number of thioether (sulfide) groups is 1. The van der Waals surface area contributed by atoms with Crippen LogP contribution in [-0.2, 0) is 14.8 Å². The number of nitrogens with one attached hydrogen (secondary N) is 1. The number of carbonyl (C=O) groups excluding carboxylic acids is 1. The molecule has 1 saturated carbocycles. The molecule has 2 rings (SSSR count). The number of carbonyl (C=O) groups is 1. The first-order valence-electron chi connectivity index (χ1n) is 8.19. The van der Waals surface area contributed by atoms with Gasteiger partial charge in [-0.2, -0.15) is 11.8 Å². The smallest absolute Gasteiger partial charge is 0.240 e. The van der Waals surface area contributed by atoms with Crippen LogP contribution in [0.4, 0.5) is 5.69 Å². The van der Waals surface area contributed by atoms with Gasteiger partial charge in [-0.15, -0.1) is 0 Å². The molecule has 0 unspecified atom stereocenters. The van der Waals surface area contributed by atoms with Gasteiger partial charge < -0.3 is 5.32 Å². The molecule has 5 nitrogen and oxygen atoms in total. The summed E-state index contributed by atoms with van der Waals surface area (Å²) in [6.45, 7) is 0.122. The van der Waals surface area contributed by atoms with Crippen molar-refractivity contribution in [2.75, 3.05) is 29.4 Å². The molecule has 0 spiro atoms. The minimum Gasteiger partial charge on any atom is -0.354 e. The normalized spacial score (nSPS) is 15.2. The number of nitrogens with zero attached hydrogens (tertiary/aromatic N) is 1. The molecule has 0 bridgehead atoms. The molecule has 26 heavy (non-hydrogen) atoms. The fourth-order valence-electron chi connectivity index (χ4n) is 2.74. The maximum absolute atomic E-state index is 12.2. The quantitative estimate of drug-likeness (QED) is 0.467. The van der Waals surface area contributed by atoms with Crippen molar-refractivity contribution in [1.29, 1.82) is 0 Å². The molecule has 1 aliphatic carbocycles. The standard InChI is InChI=1S/C16H21Cl3N2O3S2/c1-26(23,24)21(15-9-13(18)12(17)8-14(15)19)10-16(22)20-6-7-25-11-4-2-3-5-11/h8-9,11H,2-7,10H2,1H3,(H,20,22). The van der Waals surface area contributed by atoms with Crippen LogP contribution in [0.3, 0.4) is 0 Å². The molecule has 0 saturated heterocycles. The summed E-state index contributed by atoms with van der Waals surface area (Å²) in [4.78, 5) is 12.2. The van der Waals surface area contributed by atoms with E-state index < -0.39 is 15.9 Å². The van der Waals surface area contributed by atoms with E-state index in [1.54, 1.807) is 0 Å². The number of sulfonamides is 1. The van der Waals surface area contributed by atoms with E-state index >= 15 is 0 Å². The highest BCUT2D eigenvalue weighted by Gasteiger charge is 2.24. The number of hydrogen-bond acceptors (Lipinski definition) is 4. The lowest BCUT2D eigenvalue weighted by molar-refractivity contribution is -0.119. The number of benzene rings is 1. The number of halogens is 3. The second-order valence-corrected chi connectivity index (χ2v) is 10.7. The third-order valence-electron chi connectivity index (χ3n) is 4.03. The predicted octanol–water partition coefficient (Wildman–Crippen LogP) is 4.20.